The van der Waals surface area contributed by atoms with Crippen LogP contribution in [0.1, 0.15) is 20.7 Å². The summed E-state index contributed by atoms with van der Waals surface area (Å²) in [5.41, 5.74) is 4.33. The molecule has 188 valence electrons. The van der Waals surface area contributed by atoms with Gasteiger partial charge in [0.05, 0.1) is 23.9 Å². The van der Waals surface area contributed by atoms with E-state index in [4.69, 9.17) is 19.2 Å². The molecule has 0 fully saturated rings. The summed E-state index contributed by atoms with van der Waals surface area (Å²) in [6.07, 6.45) is 0. The van der Waals surface area contributed by atoms with Gasteiger partial charge in [0.1, 0.15) is 10.6 Å². The largest absolute Gasteiger partial charge is 0.465 e. The first-order valence-corrected chi connectivity index (χ1v) is 13.3. The summed E-state index contributed by atoms with van der Waals surface area (Å²) in [6.45, 7) is 0.170. The van der Waals surface area contributed by atoms with Gasteiger partial charge in [-0.15, -0.1) is 11.3 Å². The lowest BCUT2D eigenvalue weighted by Gasteiger charge is -2.12. The van der Waals surface area contributed by atoms with Crippen LogP contribution >= 0.6 is 27.3 Å². The van der Waals surface area contributed by atoms with Crippen LogP contribution in [0, 0.1) is 0 Å². The van der Waals surface area contributed by atoms with E-state index in [0.717, 1.165) is 15.6 Å². The molecule has 9 heteroatoms. The highest BCUT2D eigenvalue weighted by Gasteiger charge is 2.24. The van der Waals surface area contributed by atoms with E-state index < -0.39 is 5.97 Å². The zero-order chi connectivity index (χ0) is 26.2. The summed E-state index contributed by atoms with van der Waals surface area (Å²) < 4.78 is 16.9. The predicted octanol–water partition coefficient (Wildman–Crippen LogP) is 7.16. The number of benzene rings is 3. The molecule has 5 aromatic rings. The summed E-state index contributed by atoms with van der Waals surface area (Å²) in [5, 5.41) is 5.90. The number of hydrogen-bond acceptors (Lipinski definition) is 7. The maximum atomic E-state index is 13.7. The van der Waals surface area contributed by atoms with Crippen molar-refractivity contribution in [3.05, 3.63) is 93.8 Å². The third-order valence-electron chi connectivity index (χ3n) is 6.19. The fourth-order valence-corrected chi connectivity index (χ4v) is 5.55. The monoisotopic (exact) mass is 586 g/mol. The molecule has 7 nitrogen and oxygen atoms in total. The summed E-state index contributed by atoms with van der Waals surface area (Å²) in [4.78, 5) is 31.3. The molecule has 1 N–H and O–H groups in total. The number of halogens is 1. The Morgan fingerprint density at radius 2 is 1.74 bits per heavy atom. The van der Waals surface area contributed by atoms with Crippen molar-refractivity contribution in [2.75, 3.05) is 19.2 Å². The molecule has 3 aromatic carbocycles. The molecule has 0 radical (unpaired) electrons. The molecule has 0 aliphatic carbocycles. The van der Waals surface area contributed by atoms with Gasteiger partial charge in [-0.05, 0) is 48.0 Å². The molecule has 6 rings (SSSR count). The van der Waals surface area contributed by atoms with E-state index in [1.165, 1.54) is 18.4 Å². The summed E-state index contributed by atoms with van der Waals surface area (Å²) in [7, 11) is 1.32. The number of nitrogens with zero attached hydrogens (tertiary/aromatic N) is 1. The number of carbonyl (C=O) groups is 2. The maximum absolute atomic E-state index is 13.7. The molecule has 38 heavy (non-hydrogen) atoms. The van der Waals surface area contributed by atoms with Gasteiger partial charge in [0, 0.05) is 26.4 Å². The Labute approximate surface area is 230 Å². The van der Waals surface area contributed by atoms with Crippen LogP contribution in [-0.2, 0) is 4.74 Å². The first-order chi connectivity index (χ1) is 18.5. The average molecular weight is 587 g/mol. The van der Waals surface area contributed by atoms with Crippen molar-refractivity contribution in [3.63, 3.8) is 0 Å². The SMILES string of the molecule is COC(=O)c1c(-c2ccc(Br)cc2)csc1NC(=O)c1cc(-c2ccc3c(c2)OCO3)nc2ccccc12. The van der Waals surface area contributed by atoms with Crippen LogP contribution in [0.25, 0.3) is 33.3 Å². The number of amides is 1. The van der Waals surface area contributed by atoms with Crippen LogP contribution < -0.4 is 14.8 Å². The van der Waals surface area contributed by atoms with Crippen LogP contribution in [0.2, 0.25) is 0 Å². The highest BCUT2D eigenvalue weighted by molar-refractivity contribution is 9.10. The van der Waals surface area contributed by atoms with Crippen molar-refractivity contribution in [2.24, 2.45) is 0 Å². The number of rotatable bonds is 5. The Morgan fingerprint density at radius 3 is 2.55 bits per heavy atom. The molecule has 1 aliphatic rings. The highest BCUT2D eigenvalue weighted by atomic mass is 79.9. The third kappa shape index (κ3) is 4.40. The lowest BCUT2D eigenvalue weighted by atomic mass is 10.0. The summed E-state index contributed by atoms with van der Waals surface area (Å²) >= 11 is 4.71. The molecule has 0 bridgehead atoms. The minimum atomic E-state index is -0.528. The van der Waals surface area contributed by atoms with Crippen molar-refractivity contribution < 1.29 is 23.8 Å². The zero-order valence-electron chi connectivity index (χ0n) is 20.0. The molecule has 3 heterocycles. The second-order valence-electron chi connectivity index (χ2n) is 8.45. The van der Waals surface area contributed by atoms with Crippen LogP contribution in [-0.4, -0.2) is 30.8 Å². The van der Waals surface area contributed by atoms with Gasteiger partial charge in [0.2, 0.25) is 6.79 Å². The fourth-order valence-electron chi connectivity index (χ4n) is 4.33. The Hall–Kier alpha value is -4.21. The highest BCUT2D eigenvalue weighted by Crippen LogP contribution is 2.38. The molecule has 2 aromatic heterocycles. The van der Waals surface area contributed by atoms with Gasteiger partial charge in [0.25, 0.3) is 5.91 Å². The Balaban J connectivity index is 1.41. The van der Waals surface area contributed by atoms with Gasteiger partial charge in [0.15, 0.2) is 11.5 Å². The normalized spacial score (nSPS) is 11.9. The molecule has 0 unspecified atom stereocenters. The minimum Gasteiger partial charge on any atom is -0.465 e. The second kappa shape index (κ2) is 9.92. The van der Waals surface area contributed by atoms with E-state index in [1.54, 1.807) is 6.07 Å². The van der Waals surface area contributed by atoms with Crippen LogP contribution in [0.5, 0.6) is 11.5 Å². The van der Waals surface area contributed by atoms with Gasteiger partial charge in [-0.25, -0.2) is 9.78 Å². The molecule has 0 saturated heterocycles. The number of nitrogens with one attached hydrogen (secondary N) is 1. The number of fused-ring (bicyclic) bond motifs is 2. The van der Waals surface area contributed by atoms with Crippen LogP contribution in [0.15, 0.2) is 82.6 Å². The topological polar surface area (TPSA) is 86.8 Å². The summed E-state index contributed by atoms with van der Waals surface area (Å²) in [5.74, 6) is 0.410. The lowest BCUT2D eigenvalue weighted by Crippen LogP contribution is -2.15. The van der Waals surface area contributed by atoms with E-state index in [1.807, 2.05) is 72.1 Å². The van der Waals surface area contributed by atoms with Crippen molar-refractivity contribution in [1.29, 1.82) is 0 Å². The van der Waals surface area contributed by atoms with E-state index in [9.17, 15) is 9.59 Å². The van der Waals surface area contributed by atoms with Gasteiger partial charge < -0.3 is 19.5 Å². The molecule has 1 aliphatic heterocycles. The third-order valence-corrected chi connectivity index (χ3v) is 7.62. The Morgan fingerprint density at radius 1 is 0.974 bits per heavy atom. The zero-order valence-corrected chi connectivity index (χ0v) is 22.4. The van der Waals surface area contributed by atoms with Crippen molar-refractivity contribution in [3.8, 4) is 33.9 Å². The molecular formula is C29H19BrN2O5S. The van der Waals surface area contributed by atoms with Gasteiger partial charge in [-0.1, -0.05) is 46.3 Å². The number of methoxy groups -OCH3 is 1. The number of esters is 1. The number of pyridine rings is 1. The Bertz CT molecular complexity index is 1710. The maximum Gasteiger partial charge on any atom is 0.341 e. The van der Waals surface area contributed by atoms with Gasteiger partial charge in [-0.3, -0.25) is 4.79 Å². The first-order valence-electron chi connectivity index (χ1n) is 11.6. The smallest absolute Gasteiger partial charge is 0.341 e. The molecule has 0 atom stereocenters. The number of ether oxygens (including phenoxy) is 3. The van der Waals surface area contributed by atoms with Crippen LogP contribution in [0.3, 0.4) is 0 Å². The average Bonchev–Trinajstić information content (AvgIpc) is 3.59. The van der Waals surface area contributed by atoms with Crippen LogP contribution in [0.4, 0.5) is 5.00 Å². The number of carbonyl (C=O) groups excluding carboxylic acids is 2. The fraction of sp³-hybridized carbons (Fsp3) is 0.0690. The van der Waals surface area contributed by atoms with Crippen molar-refractivity contribution in [2.45, 2.75) is 0 Å². The number of thiophene rings is 1. The molecular weight excluding hydrogens is 568 g/mol. The number of para-hydroxylation sites is 1. The lowest BCUT2D eigenvalue weighted by molar-refractivity contribution is 0.0603. The number of hydrogen-bond donors (Lipinski definition) is 1. The predicted molar refractivity (Wildman–Crippen MR) is 150 cm³/mol. The second-order valence-corrected chi connectivity index (χ2v) is 10.2. The first kappa shape index (κ1) is 24.1. The number of anilines is 1. The number of aromatic nitrogens is 1. The standard InChI is InChI=1S/C29H19BrN2O5S/c1-35-29(34)26-21(16-6-9-18(30)10-7-16)14-38-28(26)32-27(33)20-13-23(31-22-5-3-2-4-19(20)22)17-8-11-24-25(12-17)37-15-36-24/h2-14H,15H2,1H3,(H,32,33). The quantitative estimate of drug-likeness (QED) is 0.220. The van der Waals surface area contributed by atoms with Gasteiger partial charge >= 0.3 is 5.97 Å². The van der Waals surface area contributed by atoms with Crippen molar-refractivity contribution >= 4 is 55.0 Å². The molecule has 0 spiro atoms. The molecule has 0 saturated carbocycles. The minimum absolute atomic E-state index is 0.170. The van der Waals surface area contributed by atoms with Gasteiger partial charge in [-0.2, -0.15) is 0 Å². The van der Waals surface area contributed by atoms with E-state index in [0.29, 0.717) is 49.8 Å². The van der Waals surface area contributed by atoms with E-state index >= 15 is 0 Å². The van der Waals surface area contributed by atoms with E-state index in [-0.39, 0.29) is 12.7 Å². The van der Waals surface area contributed by atoms with Crippen molar-refractivity contribution in [1.82, 2.24) is 4.98 Å². The molecule has 1 amide bonds. The summed E-state index contributed by atoms with van der Waals surface area (Å²) in [6, 6.07) is 22.3. The Kier molecular flexibility index (Phi) is 6.30. The van der Waals surface area contributed by atoms with E-state index in [2.05, 4.69) is 21.2 Å².